The summed E-state index contributed by atoms with van der Waals surface area (Å²) >= 11 is 0. The van der Waals surface area contributed by atoms with Crippen molar-refractivity contribution >= 4 is 26.8 Å². The van der Waals surface area contributed by atoms with Gasteiger partial charge in [-0.25, -0.2) is 18.1 Å². The topological polar surface area (TPSA) is 94.0 Å². The number of hydrogen-bond acceptors (Lipinski definition) is 5. The van der Waals surface area contributed by atoms with E-state index < -0.39 is 15.4 Å². The van der Waals surface area contributed by atoms with Gasteiger partial charge in [-0.3, -0.25) is 4.79 Å². The Labute approximate surface area is 154 Å². The predicted molar refractivity (Wildman–Crippen MR) is 101 cm³/mol. The number of amides is 1. The minimum Gasteiger partial charge on any atom is -0.346 e. The van der Waals surface area contributed by atoms with E-state index in [-0.39, 0.29) is 29.4 Å². The molecule has 0 unspecified atom stereocenters. The number of carbonyl (C=O) groups is 1. The monoisotopic (exact) mass is 378 g/mol. The molecule has 3 heterocycles. The molecule has 1 amide bonds. The number of pyridine rings is 1. The highest BCUT2D eigenvalue weighted by atomic mass is 32.2. The van der Waals surface area contributed by atoms with Crippen LogP contribution in [-0.4, -0.2) is 46.1 Å². The largest absolute Gasteiger partial charge is 0.346 e. The molecule has 8 heteroatoms. The molecule has 26 heavy (non-hydrogen) atoms. The molecule has 142 valence electrons. The number of rotatable bonds is 4. The van der Waals surface area contributed by atoms with E-state index >= 15 is 0 Å². The van der Waals surface area contributed by atoms with E-state index in [0.717, 1.165) is 5.69 Å². The number of sulfone groups is 1. The minimum atomic E-state index is -3.10. The first-order valence-electron chi connectivity index (χ1n) is 8.92. The van der Waals surface area contributed by atoms with Crippen LogP contribution in [0.15, 0.2) is 12.3 Å². The lowest BCUT2D eigenvalue weighted by Crippen LogP contribution is -2.47. The van der Waals surface area contributed by atoms with Crippen LogP contribution in [0.5, 0.6) is 0 Å². The van der Waals surface area contributed by atoms with Crippen LogP contribution in [0.4, 0.5) is 0 Å². The molecule has 1 N–H and O–H groups in total. The third-order valence-electron chi connectivity index (χ3n) is 4.83. The van der Waals surface area contributed by atoms with Crippen LogP contribution in [-0.2, 0) is 9.84 Å². The van der Waals surface area contributed by atoms with Gasteiger partial charge in [0.05, 0.1) is 34.2 Å². The molecule has 3 rings (SSSR count). The molecule has 1 saturated heterocycles. The Balaban J connectivity index is 2.05. The summed E-state index contributed by atoms with van der Waals surface area (Å²) in [4.78, 5) is 17.7. The van der Waals surface area contributed by atoms with E-state index in [4.69, 9.17) is 4.98 Å². The molecule has 1 fully saturated rings. The third kappa shape index (κ3) is 3.47. The second-order valence-corrected chi connectivity index (χ2v) is 10.2. The fourth-order valence-corrected chi connectivity index (χ4v) is 5.44. The van der Waals surface area contributed by atoms with Gasteiger partial charge in [0.25, 0.3) is 5.91 Å². The predicted octanol–water partition coefficient (Wildman–Crippen LogP) is 2.44. The van der Waals surface area contributed by atoms with Gasteiger partial charge >= 0.3 is 0 Å². The van der Waals surface area contributed by atoms with Crippen LogP contribution in [0.1, 0.15) is 69.1 Å². The van der Waals surface area contributed by atoms with Crippen LogP contribution >= 0.6 is 0 Å². The maximum absolute atomic E-state index is 13.0. The van der Waals surface area contributed by atoms with E-state index in [1.807, 2.05) is 27.7 Å². The van der Waals surface area contributed by atoms with E-state index in [2.05, 4.69) is 10.4 Å². The Morgan fingerprint density at radius 1 is 1.31 bits per heavy atom. The van der Waals surface area contributed by atoms with Crippen LogP contribution < -0.4 is 5.32 Å². The summed E-state index contributed by atoms with van der Waals surface area (Å²) in [5.41, 5.74) is 1.25. The smallest absolute Gasteiger partial charge is 0.252 e. The van der Waals surface area contributed by atoms with E-state index in [1.54, 1.807) is 23.9 Å². The molecule has 1 atom stereocenters. The van der Waals surface area contributed by atoms with Gasteiger partial charge in [0.1, 0.15) is 0 Å². The van der Waals surface area contributed by atoms with Crippen molar-refractivity contribution in [2.45, 2.75) is 58.5 Å². The second kappa shape index (κ2) is 6.33. The maximum atomic E-state index is 13.0. The summed E-state index contributed by atoms with van der Waals surface area (Å²) < 4.78 is 25.5. The fraction of sp³-hybridized carbons (Fsp3) is 0.611. The number of fused-ring (bicyclic) bond motifs is 1. The van der Waals surface area contributed by atoms with Gasteiger partial charge in [-0.05, 0) is 39.2 Å². The Kier molecular flexibility index (Phi) is 4.58. The second-order valence-electron chi connectivity index (χ2n) is 8.03. The Morgan fingerprint density at radius 3 is 2.54 bits per heavy atom. The van der Waals surface area contributed by atoms with Crippen LogP contribution in [0, 0.1) is 0 Å². The van der Waals surface area contributed by atoms with Crippen molar-refractivity contribution in [1.82, 2.24) is 20.1 Å². The highest BCUT2D eigenvalue weighted by Gasteiger charge is 2.40. The van der Waals surface area contributed by atoms with Crippen molar-refractivity contribution in [3.05, 3.63) is 23.5 Å². The lowest BCUT2D eigenvalue weighted by Gasteiger charge is -2.24. The lowest BCUT2D eigenvalue weighted by molar-refractivity contribution is 0.0917. The van der Waals surface area contributed by atoms with Crippen molar-refractivity contribution in [3.63, 3.8) is 0 Å². The minimum absolute atomic E-state index is 0.0255. The SMILES string of the molecule is CC(C)c1cc(C(=O)N[C@]2(C)CCS(=O)(=O)C2)c2cnn(C(C)C)c2n1. The summed E-state index contributed by atoms with van der Waals surface area (Å²) in [5.74, 6) is -0.0357. The van der Waals surface area contributed by atoms with Crippen molar-refractivity contribution in [2.24, 2.45) is 0 Å². The summed E-state index contributed by atoms with van der Waals surface area (Å²) in [6.07, 6.45) is 2.09. The maximum Gasteiger partial charge on any atom is 0.252 e. The highest BCUT2D eigenvalue weighted by molar-refractivity contribution is 7.91. The number of hydrogen-bond donors (Lipinski definition) is 1. The first-order chi connectivity index (χ1) is 12.0. The zero-order valence-corrected chi connectivity index (χ0v) is 16.7. The molecular weight excluding hydrogens is 352 g/mol. The molecule has 0 aromatic carbocycles. The number of nitrogens with one attached hydrogen (secondary N) is 1. The molecule has 0 spiro atoms. The van der Waals surface area contributed by atoms with Crippen LogP contribution in [0.3, 0.4) is 0 Å². The number of nitrogens with zero attached hydrogens (tertiary/aromatic N) is 3. The average Bonchev–Trinajstić information content (AvgIpc) is 3.06. The van der Waals surface area contributed by atoms with E-state index in [1.165, 1.54) is 0 Å². The molecule has 7 nitrogen and oxygen atoms in total. The fourth-order valence-electron chi connectivity index (χ4n) is 3.35. The van der Waals surface area contributed by atoms with Crippen molar-refractivity contribution in [2.75, 3.05) is 11.5 Å². The quantitative estimate of drug-likeness (QED) is 0.882. The summed E-state index contributed by atoms with van der Waals surface area (Å²) in [5, 5.41) is 8.02. The van der Waals surface area contributed by atoms with Crippen LogP contribution in [0.25, 0.3) is 11.0 Å². The Morgan fingerprint density at radius 2 is 2.00 bits per heavy atom. The summed E-state index contributed by atoms with van der Waals surface area (Å²) in [6.45, 7) is 9.86. The van der Waals surface area contributed by atoms with E-state index in [9.17, 15) is 13.2 Å². The third-order valence-corrected chi connectivity index (χ3v) is 6.73. The molecule has 0 saturated carbocycles. The van der Waals surface area contributed by atoms with Crippen LogP contribution in [0.2, 0.25) is 0 Å². The normalized spacial score (nSPS) is 22.4. The van der Waals surface area contributed by atoms with Gasteiger partial charge in [-0.2, -0.15) is 5.10 Å². The van der Waals surface area contributed by atoms with E-state index in [0.29, 0.717) is 23.0 Å². The molecule has 1 aliphatic rings. The van der Waals surface area contributed by atoms with Gasteiger partial charge in [0.2, 0.25) is 0 Å². The molecule has 1 aliphatic heterocycles. The standard InChI is InChI=1S/C18H26N4O3S/c1-11(2)15-8-13(14-9-19-22(12(3)4)16(14)20-15)17(23)21-18(5)6-7-26(24,25)10-18/h8-9,11-12H,6-7,10H2,1-5H3,(H,21,23)/t18-/m1/s1. The van der Waals surface area contributed by atoms with Gasteiger partial charge < -0.3 is 5.32 Å². The molecule has 0 bridgehead atoms. The van der Waals surface area contributed by atoms with Crippen molar-refractivity contribution in [1.29, 1.82) is 0 Å². The molecule has 2 aromatic heterocycles. The first kappa shape index (κ1) is 18.8. The first-order valence-corrected chi connectivity index (χ1v) is 10.7. The Hall–Kier alpha value is -1.96. The van der Waals surface area contributed by atoms with Gasteiger partial charge in [0, 0.05) is 11.7 Å². The number of carbonyl (C=O) groups excluding carboxylic acids is 1. The lowest BCUT2D eigenvalue weighted by atomic mass is 10.00. The average molecular weight is 378 g/mol. The molecule has 2 aromatic rings. The summed E-state index contributed by atoms with van der Waals surface area (Å²) in [7, 11) is -3.10. The number of aromatic nitrogens is 3. The Bertz CT molecular complexity index is 962. The zero-order valence-electron chi connectivity index (χ0n) is 15.9. The van der Waals surface area contributed by atoms with Crippen molar-refractivity contribution in [3.8, 4) is 0 Å². The van der Waals surface area contributed by atoms with Crippen molar-refractivity contribution < 1.29 is 13.2 Å². The summed E-state index contributed by atoms with van der Waals surface area (Å²) in [6, 6.07) is 1.91. The molecule has 0 radical (unpaired) electrons. The van der Waals surface area contributed by atoms with Gasteiger partial charge in [-0.1, -0.05) is 13.8 Å². The highest BCUT2D eigenvalue weighted by Crippen LogP contribution is 2.27. The molecular formula is C18H26N4O3S. The van der Waals surface area contributed by atoms with Gasteiger partial charge in [-0.15, -0.1) is 0 Å². The zero-order chi connectivity index (χ0) is 19.3. The molecule has 0 aliphatic carbocycles. The van der Waals surface area contributed by atoms with Gasteiger partial charge in [0.15, 0.2) is 15.5 Å².